The van der Waals surface area contributed by atoms with Crippen molar-refractivity contribution in [1.29, 1.82) is 0 Å². The summed E-state index contributed by atoms with van der Waals surface area (Å²) in [5, 5.41) is 2.84. The SMILES string of the molecule is CC(C)(C)OC(=O)NC(Cc1ccc(OC(C)(C)C)cc1)C1C/C=C\C(C(Cc2ccccc2)C(=O)S)O[Si](C)(C)O1. The van der Waals surface area contributed by atoms with Crippen LogP contribution >= 0.6 is 12.6 Å². The van der Waals surface area contributed by atoms with E-state index >= 15 is 0 Å². The zero-order chi connectivity index (χ0) is 31.1. The molecule has 0 spiro atoms. The first-order chi connectivity index (χ1) is 19.5. The Labute approximate surface area is 258 Å². The van der Waals surface area contributed by atoms with Crippen LogP contribution in [-0.2, 0) is 31.2 Å². The van der Waals surface area contributed by atoms with Crippen LogP contribution in [0.1, 0.15) is 59.1 Å². The molecule has 1 aliphatic rings. The van der Waals surface area contributed by atoms with E-state index in [1.165, 1.54) is 0 Å². The first-order valence-electron chi connectivity index (χ1n) is 14.6. The minimum absolute atomic E-state index is 0.223. The molecule has 1 amide bonds. The van der Waals surface area contributed by atoms with Crippen LogP contribution in [0.5, 0.6) is 5.75 Å². The molecular weight excluding hydrogens is 567 g/mol. The molecule has 7 nitrogen and oxygen atoms in total. The molecule has 0 radical (unpaired) electrons. The van der Waals surface area contributed by atoms with Crippen LogP contribution in [0.3, 0.4) is 0 Å². The fourth-order valence-corrected chi connectivity index (χ4v) is 7.05. The van der Waals surface area contributed by atoms with Crippen molar-refractivity contribution in [2.24, 2.45) is 5.92 Å². The number of carbonyl (C=O) groups excluding carboxylic acids is 2. The van der Waals surface area contributed by atoms with Crippen LogP contribution in [0.4, 0.5) is 4.79 Å². The molecule has 0 saturated heterocycles. The Bertz CT molecular complexity index is 1200. The molecule has 0 aliphatic carbocycles. The predicted molar refractivity (Wildman–Crippen MR) is 172 cm³/mol. The number of hydrogen-bond acceptors (Lipinski definition) is 6. The molecule has 3 rings (SSSR count). The summed E-state index contributed by atoms with van der Waals surface area (Å²) >= 11 is 4.21. The number of alkyl carbamates (subject to hydrolysis) is 1. The van der Waals surface area contributed by atoms with E-state index in [1.54, 1.807) is 0 Å². The van der Waals surface area contributed by atoms with E-state index in [0.717, 1.165) is 16.9 Å². The minimum Gasteiger partial charge on any atom is -0.488 e. The molecule has 9 heteroatoms. The van der Waals surface area contributed by atoms with Gasteiger partial charge in [0, 0.05) is 0 Å². The molecule has 0 fully saturated rings. The molecule has 0 aromatic heterocycles. The van der Waals surface area contributed by atoms with Gasteiger partial charge in [0.05, 0.1) is 24.2 Å². The first kappa shape index (κ1) is 33.9. The van der Waals surface area contributed by atoms with Crippen molar-refractivity contribution in [2.45, 2.75) is 103 Å². The van der Waals surface area contributed by atoms with Gasteiger partial charge >= 0.3 is 14.7 Å². The second kappa shape index (κ2) is 14.3. The summed E-state index contributed by atoms with van der Waals surface area (Å²) in [5.74, 6) is 0.327. The molecule has 1 heterocycles. The Morgan fingerprint density at radius 1 is 0.929 bits per heavy atom. The van der Waals surface area contributed by atoms with Crippen molar-refractivity contribution in [3.8, 4) is 5.75 Å². The number of carbonyl (C=O) groups is 2. The maximum atomic E-state index is 12.9. The number of nitrogens with one attached hydrogen (secondary N) is 1. The number of hydrogen-bond donors (Lipinski definition) is 2. The van der Waals surface area contributed by atoms with Crippen molar-refractivity contribution in [2.75, 3.05) is 0 Å². The number of ether oxygens (including phenoxy) is 2. The lowest BCUT2D eigenvalue weighted by Gasteiger charge is -2.38. The van der Waals surface area contributed by atoms with E-state index < -0.39 is 38.3 Å². The van der Waals surface area contributed by atoms with Gasteiger partial charge in [-0.15, -0.1) is 12.6 Å². The van der Waals surface area contributed by atoms with E-state index in [9.17, 15) is 9.59 Å². The van der Waals surface area contributed by atoms with Gasteiger partial charge in [0.2, 0.25) is 0 Å². The van der Waals surface area contributed by atoms with Crippen LogP contribution in [0, 0.1) is 5.92 Å². The van der Waals surface area contributed by atoms with Crippen LogP contribution < -0.4 is 10.1 Å². The zero-order valence-corrected chi connectivity index (χ0v) is 28.1. The van der Waals surface area contributed by atoms with Gasteiger partial charge in [0.25, 0.3) is 0 Å². The van der Waals surface area contributed by atoms with Gasteiger partial charge in [-0.1, -0.05) is 54.6 Å². The molecule has 42 heavy (non-hydrogen) atoms. The molecule has 4 unspecified atom stereocenters. The van der Waals surface area contributed by atoms with E-state index in [-0.39, 0.29) is 16.8 Å². The van der Waals surface area contributed by atoms with Gasteiger partial charge in [-0.2, -0.15) is 0 Å². The largest absolute Gasteiger partial charge is 0.488 e. The van der Waals surface area contributed by atoms with E-state index in [2.05, 4.69) is 17.9 Å². The average molecular weight is 614 g/mol. The third-order valence-corrected chi connectivity index (χ3v) is 8.56. The maximum Gasteiger partial charge on any atom is 0.407 e. The third-order valence-electron chi connectivity index (χ3n) is 6.52. The van der Waals surface area contributed by atoms with Crippen molar-refractivity contribution < 1.29 is 27.9 Å². The van der Waals surface area contributed by atoms with Gasteiger partial charge in [0.15, 0.2) is 5.12 Å². The van der Waals surface area contributed by atoms with Crippen molar-refractivity contribution in [3.05, 3.63) is 77.9 Å². The Kier molecular flexibility index (Phi) is 11.5. The van der Waals surface area contributed by atoms with Gasteiger partial charge in [0.1, 0.15) is 17.0 Å². The molecule has 4 atom stereocenters. The van der Waals surface area contributed by atoms with Gasteiger partial charge in [-0.25, -0.2) is 4.79 Å². The van der Waals surface area contributed by atoms with Crippen molar-refractivity contribution in [1.82, 2.24) is 5.32 Å². The van der Waals surface area contributed by atoms with E-state index in [4.69, 9.17) is 18.3 Å². The molecule has 230 valence electrons. The van der Waals surface area contributed by atoms with Crippen LogP contribution in [-0.4, -0.2) is 49.2 Å². The van der Waals surface area contributed by atoms with Crippen LogP contribution in [0.25, 0.3) is 0 Å². The summed E-state index contributed by atoms with van der Waals surface area (Å²) in [6.45, 7) is 15.5. The zero-order valence-electron chi connectivity index (χ0n) is 26.2. The third kappa shape index (κ3) is 11.6. The topological polar surface area (TPSA) is 83.1 Å². The molecule has 0 bridgehead atoms. The Hall–Kier alpha value is -2.59. The monoisotopic (exact) mass is 613 g/mol. The highest BCUT2D eigenvalue weighted by molar-refractivity contribution is 7.96. The smallest absolute Gasteiger partial charge is 0.407 e. The molecule has 0 saturated carbocycles. The Morgan fingerprint density at radius 2 is 1.55 bits per heavy atom. The minimum atomic E-state index is -2.79. The fourth-order valence-electron chi connectivity index (χ4n) is 4.86. The highest BCUT2D eigenvalue weighted by Crippen LogP contribution is 2.28. The lowest BCUT2D eigenvalue weighted by Crippen LogP contribution is -2.53. The first-order valence-corrected chi connectivity index (χ1v) is 17.8. The second-order valence-electron chi connectivity index (χ2n) is 13.3. The maximum absolute atomic E-state index is 12.9. The number of benzene rings is 2. The molecule has 1 aliphatic heterocycles. The summed E-state index contributed by atoms with van der Waals surface area (Å²) in [5.41, 5.74) is 1.13. The molecular formula is C33H47NO6SSi. The summed E-state index contributed by atoms with van der Waals surface area (Å²) in [6, 6.07) is 17.4. The summed E-state index contributed by atoms with van der Waals surface area (Å²) in [7, 11) is -2.79. The van der Waals surface area contributed by atoms with Gasteiger partial charge in [-0.05, 0) is 97.2 Å². The highest BCUT2D eigenvalue weighted by atomic mass is 32.1. The summed E-state index contributed by atoms with van der Waals surface area (Å²) in [6.07, 6.45) is 4.16. The quantitative estimate of drug-likeness (QED) is 0.179. The fraction of sp³-hybridized carbons (Fsp3) is 0.515. The second-order valence-corrected chi connectivity index (χ2v) is 17.0. The van der Waals surface area contributed by atoms with Gasteiger partial charge in [-0.3, -0.25) is 4.79 Å². The van der Waals surface area contributed by atoms with Crippen molar-refractivity contribution >= 4 is 32.4 Å². The molecule has 2 aromatic carbocycles. The summed E-state index contributed by atoms with van der Waals surface area (Å²) in [4.78, 5) is 25.5. The van der Waals surface area contributed by atoms with Crippen LogP contribution in [0.2, 0.25) is 13.1 Å². The van der Waals surface area contributed by atoms with Gasteiger partial charge < -0.3 is 23.6 Å². The summed E-state index contributed by atoms with van der Waals surface area (Å²) < 4.78 is 24.8. The Balaban J connectivity index is 1.84. The standard InChI is InChI=1S/C33H47NO6SSi/c1-32(2,3)37-25-19-17-24(18-20-25)22-27(34-31(36)38-33(4,5)6)29-16-12-15-28(39-42(7,8)40-29)26(30(35)41)21-23-13-10-9-11-14-23/h9-15,17-20,26-29H,16,21-22H2,1-8H3,(H,34,36)(H,35,41)/b15-12-. The number of rotatable bonds is 9. The molecule has 1 N–H and O–H groups in total. The lowest BCUT2D eigenvalue weighted by molar-refractivity contribution is -0.116. The molecule has 2 aromatic rings. The normalized spacial score (nSPS) is 21.3. The van der Waals surface area contributed by atoms with Crippen molar-refractivity contribution in [3.63, 3.8) is 0 Å². The Morgan fingerprint density at radius 3 is 2.12 bits per heavy atom. The van der Waals surface area contributed by atoms with E-state index in [0.29, 0.717) is 19.3 Å². The number of thiol groups is 1. The number of amides is 1. The lowest BCUT2D eigenvalue weighted by atomic mass is 9.94. The highest BCUT2D eigenvalue weighted by Gasteiger charge is 2.39. The average Bonchev–Trinajstić information content (AvgIpc) is 2.84. The van der Waals surface area contributed by atoms with E-state index in [1.807, 2.05) is 121 Å². The van der Waals surface area contributed by atoms with Crippen LogP contribution in [0.15, 0.2) is 66.7 Å². The predicted octanol–water partition coefficient (Wildman–Crippen LogP) is 7.05.